The van der Waals surface area contributed by atoms with Gasteiger partial charge in [-0.15, -0.1) is 0 Å². The lowest BCUT2D eigenvalue weighted by Gasteiger charge is -2.21. The maximum absolute atomic E-state index is 3.31. The zero-order valence-electron chi connectivity index (χ0n) is 11.1. The highest BCUT2D eigenvalue weighted by molar-refractivity contribution is 5.29. The van der Waals surface area contributed by atoms with Crippen molar-refractivity contribution in [1.82, 2.24) is 10.6 Å². The fourth-order valence-corrected chi connectivity index (χ4v) is 1.81. The van der Waals surface area contributed by atoms with Gasteiger partial charge in [0.15, 0.2) is 0 Å². The second-order valence-electron chi connectivity index (χ2n) is 5.27. The first-order chi connectivity index (χ1) is 7.49. The molecule has 2 heteroatoms. The summed E-state index contributed by atoms with van der Waals surface area (Å²) < 4.78 is 0. The first-order valence-corrected chi connectivity index (χ1v) is 5.91. The Bertz CT molecular complexity index is 309. The van der Waals surface area contributed by atoms with Gasteiger partial charge in [0.25, 0.3) is 0 Å². The molecule has 1 rings (SSSR count). The average Bonchev–Trinajstić information content (AvgIpc) is 2.25. The van der Waals surface area contributed by atoms with Crippen LogP contribution < -0.4 is 10.6 Å². The predicted octanol–water partition coefficient (Wildman–Crippen LogP) is 2.46. The lowest BCUT2D eigenvalue weighted by atomic mass is 9.86. The molecule has 0 fully saturated rings. The molecule has 1 atom stereocenters. The molecule has 0 aromatic heterocycles. The fourth-order valence-electron chi connectivity index (χ4n) is 1.81. The number of nitrogens with one attached hydrogen (secondary N) is 2. The van der Waals surface area contributed by atoms with Crippen molar-refractivity contribution in [3.8, 4) is 0 Å². The monoisotopic (exact) mass is 220 g/mol. The molecule has 90 valence electrons. The number of likely N-dealkylation sites (N-methyl/N-ethyl adjacent to an activating group) is 2. The Balaban J connectivity index is 2.85. The minimum atomic E-state index is 0.233. The number of hydrogen-bond acceptors (Lipinski definition) is 2. The van der Waals surface area contributed by atoms with Gasteiger partial charge >= 0.3 is 0 Å². The van der Waals surface area contributed by atoms with Gasteiger partial charge in [0.05, 0.1) is 0 Å². The van der Waals surface area contributed by atoms with Gasteiger partial charge in [0.2, 0.25) is 0 Å². The highest BCUT2D eigenvalue weighted by Gasteiger charge is 2.14. The molecule has 0 saturated heterocycles. The second-order valence-corrected chi connectivity index (χ2v) is 5.27. The van der Waals surface area contributed by atoms with E-state index in [-0.39, 0.29) is 5.41 Å². The number of benzene rings is 1. The van der Waals surface area contributed by atoms with E-state index in [2.05, 4.69) is 55.7 Å². The van der Waals surface area contributed by atoms with Crippen molar-refractivity contribution >= 4 is 0 Å². The third kappa shape index (κ3) is 3.32. The van der Waals surface area contributed by atoms with E-state index in [1.165, 1.54) is 11.1 Å². The van der Waals surface area contributed by atoms with Crippen molar-refractivity contribution < 1.29 is 0 Å². The van der Waals surface area contributed by atoms with E-state index in [0.29, 0.717) is 6.04 Å². The molecule has 0 radical (unpaired) electrons. The maximum atomic E-state index is 3.31. The molecule has 0 bridgehead atoms. The van der Waals surface area contributed by atoms with Gasteiger partial charge in [0, 0.05) is 12.6 Å². The predicted molar refractivity (Wildman–Crippen MR) is 70.9 cm³/mol. The smallest absolute Gasteiger partial charge is 0.0444 e. The number of hydrogen-bond donors (Lipinski definition) is 2. The summed E-state index contributed by atoms with van der Waals surface area (Å²) in [5.74, 6) is 0. The van der Waals surface area contributed by atoms with Crippen LogP contribution in [-0.2, 0) is 5.41 Å². The molecule has 1 aromatic rings. The Labute approximate surface area is 99.5 Å². The molecular weight excluding hydrogens is 196 g/mol. The molecule has 0 spiro atoms. The van der Waals surface area contributed by atoms with Gasteiger partial charge < -0.3 is 10.6 Å². The summed E-state index contributed by atoms with van der Waals surface area (Å²) in [6.45, 7) is 7.67. The van der Waals surface area contributed by atoms with Crippen molar-refractivity contribution in [2.45, 2.75) is 32.2 Å². The highest BCUT2D eigenvalue weighted by atomic mass is 14.9. The minimum absolute atomic E-state index is 0.233. The molecule has 0 heterocycles. The Morgan fingerprint density at radius 2 is 1.62 bits per heavy atom. The lowest BCUT2D eigenvalue weighted by molar-refractivity contribution is 0.555. The van der Waals surface area contributed by atoms with Crippen molar-refractivity contribution in [1.29, 1.82) is 0 Å². The minimum Gasteiger partial charge on any atom is -0.318 e. The molecule has 16 heavy (non-hydrogen) atoms. The highest BCUT2D eigenvalue weighted by Crippen LogP contribution is 2.23. The largest absolute Gasteiger partial charge is 0.318 e. The average molecular weight is 220 g/mol. The van der Waals surface area contributed by atoms with Crippen LogP contribution in [0, 0.1) is 0 Å². The summed E-state index contributed by atoms with van der Waals surface area (Å²) in [5, 5.41) is 6.51. The van der Waals surface area contributed by atoms with Crippen LogP contribution in [0.3, 0.4) is 0 Å². The molecule has 2 N–H and O–H groups in total. The molecular formula is C14H24N2. The van der Waals surface area contributed by atoms with E-state index in [1.54, 1.807) is 0 Å². The summed E-state index contributed by atoms with van der Waals surface area (Å²) in [6.07, 6.45) is 0. The van der Waals surface area contributed by atoms with Gasteiger partial charge in [-0.05, 0) is 30.6 Å². The van der Waals surface area contributed by atoms with Gasteiger partial charge in [0.1, 0.15) is 0 Å². The van der Waals surface area contributed by atoms with Gasteiger partial charge in [-0.1, -0.05) is 45.0 Å². The van der Waals surface area contributed by atoms with Crippen LogP contribution in [0.15, 0.2) is 24.3 Å². The Morgan fingerprint density at radius 3 is 2.00 bits per heavy atom. The van der Waals surface area contributed by atoms with Crippen molar-refractivity contribution in [2.24, 2.45) is 0 Å². The Morgan fingerprint density at radius 1 is 1.06 bits per heavy atom. The maximum Gasteiger partial charge on any atom is 0.0444 e. The zero-order valence-corrected chi connectivity index (χ0v) is 11.1. The van der Waals surface area contributed by atoms with Crippen LogP contribution in [0.1, 0.15) is 37.9 Å². The summed E-state index contributed by atoms with van der Waals surface area (Å²) in [5.41, 5.74) is 2.96. The summed E-state index contributed by atoms with van der Waals surface area (Å²) in [4.78, 5) is 0. The van der Waals surface area contributed by atoms with E-state index in [9.17, 15) is 0 Å². The first-order valence-electron chi connectivity index (χ1n) is 5.91. The topological polar surface area (TPSA) is 24.1 Å². The first kappa shape index (κ1) is 13.2. The third-order valence-electron chi connectivity index (χ3n) is 2.94. The molecule has 2 nitrogen and oxygen atoms in total. The van der Waals surface area contributed by atoms with E-state index >= 15 is 0 Å². The fraction of sp³-hybridized carbons (Fsp3) is 0.571. The Hall–Kier alpha value is -0.860. The second kappa shape index (κ2) is 5.46. The van der Waals surface area contributed by atoms with Crippen molar-refractivity contribution in [3.63, 3.8) is 0 Å². The standard InChI is InChI=1S/C14H24N2/c1-14(2,3)12-8-6-11(7-9-12)13(16-5)10-15-4/h6-9,13,15-16H,10H2,1-5H3. The van der Waals surface area contributed by atoms with E-state index in [1.807, 2.05) is 14.1 Å². The molecule has 0 saturated carbocycles. The Kier molecular flexibility index (Phi) is 4.51. The normalized spacial score (nSPS) is 13.8. The summed E-state index contributed by atoms with van der Waals surface area (Å²) in [6, 6.07) is 9.29. The molecule has 0 aliphatic heterocycles. The zero-order chi connectivity index (χ0) is 12.2. The third-order valence-corrected chi connectivity index (χ3v) is 2.94. The van der Waals surface area contributed by atoms with Gasteiger partial charge in [-0.3, -0.25) is 0 Å². The van der Waals surface area contributed by atoms with Gasteiger partial charge in [-0.25, -0.2) is 0 Å². The van der Waals surface area contributed by atoms with Crippen molar-refractivity contribution in [3.05, 3.63) is 35.4 Å². The van der Waals surface area contributed by atoms with Crippen LogP contribution in [0.5, 0.6) is 0 Å². The number of rotatable bonds is 4. The van der Waals surface area contributed by atoms with Crippen LogP contribution in [-0.4, -0.2) is 20.6 Å². The molecule has 0 aliphatic rings. The summed E-state index contributed by atoms with van der Waals surface area (Å²) >= 11 is 0. The van der Waals surface area contributed by atoms with Crippen LogP contribution >= 0.6 is 0 Å². The molecule has 1 aromatic carbocycles. The lowest BCUT2D eigenvalue weighted by Crippen LogP contribution is -2.27. The van der Waals surface area contributed by atoms with Crippen LogP contribution in [0.2, 0.25) is 0 Å². The van der Waals surface area contributed by atoms with Crippen molar-refractivity contribution in [2.75, 3.05) is 20.6 Å². The van der Waals surface area contributed by atoms with E-state index < -0.39 is 0 Å². The molecule has 0 amide bonds. The van der Waals surface area contributed by atoms with Crippen LogP contribution in [0.25, 0.3) is 0 Å². The van der Waals surface area contributed by atoms with E-state index in [4.69, 9.17) is 0 Å². The molecule has 1 unspecified atom stereocenters. The SMILES string of the molecule is CNCC(NC)c1ccc(C(C)(C)C)cc1. The molecule has 0 aliphatic carbocycles. The summed E-state index contributed by atoms with van der Waals surface area (Å²) in [7, 11) is 3.98. The van der Waals surface area contributed by atoms with E-state index in [0.717, 1.165) is 6.54 Å². The van der Waals surface area contributed by atoms with Crippen LogP contribution in [0.4, 0.5) is 0 Å². The quantitative estimate of drug-likeness (QED) is 0.814. The van der Waals surface area contributed by atoms with Gasteiger partial charge in [-0.2, -0.15) is 0 Å².